The maximum Gasteiger partial charge on any atom is 0.347 e. The lowest BCUT2D eigenvalue weighted by atomic mass is 10.0. The van der Waals surface area contributed by atoms with Crippen LogP contribution in [0.4, 0.5) is 0 Å². The number of aliphatic imine (C=N–C) groups is 1. The molecule has 0 bridgehead atoms. The summed E-state index contributed by atoms with van der Waals surface area (Å²) < 4.78 is 17.6. The average Bonchev–Trinajstić information content (AvgIpc) is 3.11. The molecule has 202 valence electrons. The van der Waals surface area contributed by atoms with Gasteiger partial charge in [0.15, 0.2) is 17.2 Å². The van der Waals surface area contributed by atoms with Crippen LogP contribution in [-0.2, 0) is 13.1 Å². The van der Waals surface area contributed by atoms with Gasteiger partial charge in [-0.05, 0) is 42.7 Å². The molecule has 2 N–H and O–H groups in total. The lowest BCUT2D eigenvalue weighted by Gasteiger charge is -2.18. The molecule has 0 spiro atoms. The Balaban J connectivity index is 1.59. The Hall–Kier alpha value is -5.11. The Morgan fingerprint density at radius 3 is 2.30 bits per heavy atom. The maximum absolute atomic E-state index is 13.5. The van der Waals surface area contributed by atoms with E-state index in [1.165, 1.54) is 19.4 Å². The zero-order chi connectivity index (χ0) is 28.2. The number of esters is 1. The maximum atomic E-state index is 13.5. The van der Waals surface area contributed by atoms with Crippen molar-refractivity contribution in [3.63, 3.8) is 0 Å². The summed E-state index contributed by atoms with van der Waals surface area (Å²) in [4.78, 5) is 31.4. The van der Waals surface area contributed by atoms with E-state index in [2.05, 4.69) is 10.3 Å². The second-order valence-electron chi connectivity index (χ2n) is 9.36. The minimum Gasteiger partial charge on any atom is -0.507 e. The quantitative estimate of drug-likeness (QED) is 0.173. The molecule has 0 aromatic heterocycles. The first-order valence-corrected chi connectivity index (χ1v) is 12.7. The number of benzene rings is 4. The molecule has 0 fully saturated rings. The number of nitrogens with one attached hydrogen (secondary N) is 1. The number of fused-ring (bicyclic) bond motifs is 2. The van der Waals surface area contributed by atoms with Gasteiger partial charge in [-0.25, -0.2) is 4.79 Å². The van der Waals surface area contributed by atoms with Gasteiger partial charge >= 0.3 is 5.97 Å². The first-order chi connectivity index (χ1) is 19.4. The zero-order valence-electron chi connectivity index (χ0n) is 22.4. The van der Waals surface area contributed by atoms with Gasteiger partial charge in [-0.15, -0.1) is 0 Å². The number of carbonyl (C=O) groups is 2. The number of rotatable bonds is 7. The van der Waals surface area contributed by atoms with E-state index in [-0.39, 0.29) is 46.2 Å². The van der Waals surface area contributed by atoms with Crippen LogP contribution in [0.3, 0.4) is 0 Å². The van der Waals surface area contributed by atoms with Crippen molar-refractivity contribution in [2.24, 2.45) is 4.99 Å². The Kier molecular flexibility index (Phi) is 7.50. The van der Waals surface area contributed by atoms with Crippen molar-refractivity contribution in [1.82, 2.24) is 5.32 Å². The molecule has 1 aliphatic heterocycles. The van der Waals surface area contributed by atoms with Crippen LogP contribution in [0.1, 0.15) is 48.5 Å². The number of aromatic hydroxyl groups is 1. The van der Waals surface area contributed by atoms with Crippen LogP contribution in [-0.4, -0.2) is 30.3 Å². The third-order valence-corrected chi connectivity index (χ3v) is 6.63. The molecule has 1 amide bonds. The number of carbonyl (C=O) groups excluding carboxylic acids is 2. The third-order valence-electron chi connectivity index (χ3n) is 6.63. The van der Waals surface area contributed by atoms with Crippen molar-refractivity contribution in [3.8, 4) is 28.7 Å². The van der Waals surface area contributed by atoms with Crippen molar-refractivity contribution in [3.05, 3.63) is 112 Å². The minimum absolute atomic E-state index is 0.0404. The van der Waals surface area contributed by atoms with Crippen molar-refractivity contribution >= 4 is 18.1 Å². The third kappa shape index (κ3) is 5.24. The molecule has 4 aromatic rings. The molecular weight excluding hydrogens is 508 g/mol. The number of hydrogen-bond acceptors (Lipinski definition) is 7. The van der Waals surface area contributed by atoms with E-state index in [9.17, 15) is 14.7 Å². The van der Waals surface area contributed by atoms with Gasteiger partial charge in [0.25, 0.3) is 5.91 Å². The number of hydrogen-bond donors (Lipinski definition) is 2. The van der Waals surface area contributed by atoms with Gasteiger partial charge in [0.2, 0.25) is 0 Å². The Bertz CT molecular complexity index is 1610. The summed E-state index contributed by atoms with van der Waals surface area (Å²) in [6, 6.07) is 22.1. The molecule has 8 nitrogen and oxygen atoms in total. The van der Waals surface area contributed by atoms with Crippen LogP contribution < -0.4 is 19.5 Å². The molecule has 1 heterocycles. The van der Waals surface area contributed by atoms with Gasteiger partial charge in [0, 0.05) is 18.3 Å². The van der Waals surface area contributed by atoms with Crippen molar-refractivity contribution in [2.75, 3.05) is 7.11 Å². The van der Waals surface area contributed by atoms with Crippen LogP contribution in [0, 0.1) is 13.8 Å². The number of ether oxygens (including phenoxy) is 3. The molecule has 4 aromatic carbocycles. The highest BCUT2D eigenvalue weighted by molar-refractivity contribution is 6.04. The van der Waals surface area contributed by atoms with E-state index < -0.39 is 11.9 Å². The Morgan fingerprint density at radius 2 is 1.62 bits per heavy atom. The summed E-state index contributed by atoms with van der Waals surface area (Å²) in [6.07, 6.45) is 1.46. The van der Waals surface area contributed by atoms with Crippen LogP contribution in [0.15, 0.2) is 77.8 Å². The largest absolute Gasteiger partial charge is 0.507 e. The topological polar surface area (TPSA) is 106 Å². The van der Waals surface area contributed by atoms with E-state index in [0.29, 0.717) is 23.4 Å². The Labute approximate surface area is 231 Å². The number of amides is 1. The summed E-state index contributed by atoms with van der Waals surface area (Å²) in [5.41, 5.74) is 3.26. The van der Waals surface area contributed by atoms with Gasteiger partial charge in [0.05, 0.1) is 24.8 Å². The summed E-state index contributed by atoms with van der Waals surface area (Å²) in [7, 11) is 1.47. The average molecular weight is 537 g/mol. The van der Waals surface area contributed by atoms with E-state index in [4.69, 9.17) is 14.2 Å². The predicted octanol–water partition coefficient (Wildman–Crippen LogP) is 5.89. The molecule has 1 aliphatic rings. The fourth-order valence-corrected chi connectivity index (χ4v) is 4.53. The minimum atomic E-state index is -0.684. The summed E-state index contributed by atoms with van der Waals surface area (Å²) in [5.74, 6) is -0.736. The SMILES string of the molecule is COc1cc(C(=O)NCc2ccccc2)c2c(c1C)OC(=O)c1c(C)cc(O)c(/C=N/Cc3ccccc3)c1O2. The fraction of sp³-hybridized carbons (Fsp3) is 0.156. The van der Waals surface area contributed by atoms with E-state index >= 15 is 0 Å². The van der Waals surface area contributed by atoms with Gasteiger partial charge in [-0.3, -0.25) is 9.79 Å². The molecule has 8 heteroatoms. The van der Waals surface area contributed by atoms with E-state index in [1.54, 1.807) is 19.9 Å². The molecule has 0 atom stereocenters. The van der Waals surface area contributed by atoms with Crippen LogP contribution in [0.25, 0.3) is 0 Å². The lowest BCUT2D eigenvalue weighted by molar-refractivity contribution is 0.0734. The number of methoxy groups -OCH3 is 1. The second-order valence-corrected chi connectivity index (χ2v) is 9.36. The molecule has 0 radical (unpaired) electrons. The first kappa shape index (κ1) is 26.5. The molecule has 0 unspecified atom stereocenters. The van der Waals surface area contributed by atoms with E-state index in [0.717, 1.165) is 11.1 Å². The van der Waals surface area contributed by atoms with Gasteiger partial charge in [-0.2, -0.15) is 0 Å². The van der Waals surface area contributed by atoms with Crippen LogP contribution >= 0.6 is 0 Å². The smallest absolute Gasteiger partial charge is 0.347 e. The highest BCUT2D eigenvalue weighted by Crippen LogP contribution is 2.48. The molecule has 0 aliphatic carbocycles. The van der Waals surface area contributed by atoms with Crippen molar-refractivity contribution < 1.29 is 28.9 Å². The number of phenols is 1. The van der Waals surface area contributed by atoms with Gasteiger partial charge < -0.3 is 24.6 Å². The normalized spacial score (nSPS) is 12.1. The van der Waals surface area contributed by atoms with Crippen LogP contribution in [0.5, 0.6) is 28.7 Å². The van der Waals surface area contributed by atoms with Crippen LogP contribution in [0.2, 0.25) is 0 Å². The number of nitrogens with zero attached hydrogens (tertiary/aromatic N) is 1. The molecule has 40 heavy (non-hydrogen) atoms. The first-order valence-electron chi connectivity index (χ1n) is 12.7. The highest BCUT2D eigenvalue weighted by atomic mass is 16.6. The van der Waals surface area contributed by atoms with Gasteiger partial charge in [-0.1, -0.05) is 60.7 Å². The number of phenolic OH excluding ortho intramolecular Hbond substituents is 1. The van der Waals surface area contributed by atoms with Crippen molar-refractivity contribution in [2.45, 2.75) is 26.9 Å². The fourth-order valence-electron chi connectivity index (χ4n) is 4.53. The molecule has 0 saturated heterocycles. The lowest BCUT2D eigenvalue weighted by Crippen LogP contribution is -2.23. The summed E-state index contributed by atoms with van der Waals surface area (Å²) in [5, 5.41) is 13.8. The number of aryl methyl sites for hydroxylation is 1. The van der Waals surface area contributed by atoms with Crippen molar-refractivity contribution in [1.29, 1.82) is 0 Å². The Morgan fingerprint density at radius 1 is 0.950 bits per heavy atom. The molecule has 0 saturated carbocycles. The molecular formula is C32H28N2O6. The molecule has 5 rings (SSSR count). The summed E-state index contributed by atoms with van der Waals surface area (Å²) in [6.45, 7) is 4.01. The van der Waals surface area contributed by atoms with Gasteiger partial charge in [0.1, 0.15) is 17.1 Å². The zero-order valence-corrected chi connectivity index (χ0v) is 22.4. The monoisotopic (exact) mass is 536 g/mol. The summed E-state index contributed by atoms with van der Waals surface area (Å²) >= 11 is 0. The highest BCUT2D eigenvalue weighted by Gasteiger charge is 2.33. The van der Waals surface area contributed by atoms with E-state index in [1.807, 2.05) is 60.7 Å². The predicted molar refractivity (Wildman–Crippen MR) is 151 cm³/mol. The standard InChI is InChI=1S/C32H28N2O6/c1-19-14-25(35)24(18-33-16-21-10-6-4-7-11-21)29-27(19)32(37)40-28-20(2)26(38-3)15-23(30(28)39-29)31(36)34-17-22-12-8-5-9-13-22/h4-15,18,35H,16-17H2,1-3H3,(H,34,36)/b33-18+. The second kappa shape index (κ2) is 11.3.